The van der Waals surface area contributed by atoms with Crippen molar-refractivity contribution in [3.8, 4) is 0 Å². The third kappa shape index (κ3) is 2.48. The Morgan fingerprint density at radius 1 is 1.27 bits per heavy atom. The molecule has 0 aliphatic rings. The molecule has 4 heteroatoms. The molecule has 0 amide bonds. The number of carbonyl (C=O) groups is 1. The van der Waals surface area contributed by atoms with E-state index in [1.165, 1.54) is 11.3 Å². The predicted molar refractivity (Wildman–Crippen MR) is 66.9 cm³/mol. The van der Waals surface area contributed by atoms with Crippen LogP contribution < -0.4 is 0 Å². The zero-order chi connectivity index (χ0) is 10.8. The smallest absolute Gasteiger partial charge is 0.193 e. The summed E-state index contributed by atoms with van der Waals surface area (Å²) in [6, 6.07) is 7.01. The number of benzene rings is 1. The number of carbonyl (C=O) groups excluding carboxylic acids is 1. The van der Waals surface area contributed by atoms with Gasteiger partial charge in [-0.25, -0.2) is 0 Å². The van der Waals surface area contributed by atoms with E-state index in [-0.39, 0.29) is 5.78 Å². The Morgan fingerprint density at radius 2 is 2.07 bits per heavy atom. The first-order chi connectivity index (χ1) is 7.16. The minimum Gasteiger partial charge on any atom is -0.289 e. The van der Waals surface area contributed by atoms with Crippen LogP contribution in [0.25, 0.3) is 0 Å². The Morgan fingerprint density at radius 3 is 2.67 bits per heavy atom. The Hall–Kier alpha value is -0.640. The summed E-state index contributed by atoms with van der Waals surface area (Å²) in [6.45, 7) is 0. The molecule has 15 heavy (non-hydrogen) atoms. The first-order valence-corrected chi connectivity index (χ1v) is 6.31. The van der Waals surface area contributed by atoms with E-state index in [0.29, 0.717) is 16.1 Å². The quantitative estimate of drug-likeness (QED) is 0.752. The zero-order valence-corrected chi connectivity index (χ0v) is 10.7. The van der Waals surface area contributed by atoms with Crippen molar-refractivity contribution >= 4 is 44.7 Å². The molecule has 0 unspecified atom stereocenters. The fourth-order valence-electron chi connectivity index (χ4n) is 1.25. The second kappa shape index (κ2) is 4.47. The van der Waals surface area contributed by atoms with Gasteiger partial charge in [0.25, 0.3) is 0 Å². The van der Waals surface area contributed by atoms with Crippen LogP contribution in [0, 0.1) is 0 Å². The maximum absolute atomic E-state index is 11.9. The van der Waals surface area contributed by atoms with E-state index in [0.717, 1.165) is 4.47 Å². The highest BCUT2D eigenvalue weighted by Gasteiger charge is 2.10. The summed E-state index contributed by atoms with van der Waals surface area (Å²) in [4.78, 5) is 11.9. The van der Waals surface area contributed by atoms with Crippen LogP contribution in [0.2, 0.25) is 5.02 Å². The molecule has 0 saturated heterocycles. The molecule has 0 aliphatic carbocycles. The van der Waals surface area contributed by atoms with Crippen LogP contribution in [-0.4, -0.2) is 5.78 Å². The average molecular weight is 302 g/mol. The monoisotopic (exact) mass is 300 g/mol. The Balaban J connectivity index is 2.42. The summed E-state index contributed by atoms with van der Waals surface area (Å²) in [5.74, 6) is -0.000509. The van der Waals surface area contributed by atoms with Crippen molar-refractivity contribution in [1.29, 1.82) is 0 Å². The maximum Gasteiger partial charge on any atom is 0.193 e. The van der Waals surface area contributed by atoms with E-state index in [1.807, 2.05) is 16.8 Å². The van der Waals surface area contributed by atoms with Crippen LogP contribution in [0.4, 0.5) is 0 Å². The van der Waals surface area contributed by atoms with Crippen molar-refractivity contribution in [2.45, 2.75) is 0 Å². The molecule has 1 nitrogen and oxygen atoms in total. The number of halogens is 2. The molecule has 0 bridgehead atoms. The van der Waals surface area contributed by atoms with Crippen molar-refractivity contribution in [1.82, 2.24) is 0 Å². The number of hydrogen-bond acceptors (Lipinski definition) is 2. The van der Waals surface area contributed by atoms with Crippen molar-refractivity contribution in [2.75, 3.05) is 0 Å². The van der Waals surface area contributed by atoms with Gasteiger partial charge < -0.3 is 0 Å². The molecule has 0 saturated carbocycles. The zero-order valence-electron chi connectivity index (χ0n) is 7.54. The fourth-order valence-corrected chi connectivity index (χ4v) is 2.74. The second-order valence-electron chi connectivity index (χ2n) is 3.00. The number of thiophene rings is 1. The standard InChI is InChI=1S/C11H6BrClOS/c12-9-3-8(4-10(13)5-9)11(14)7-1-2-15-6-7/h1-6H. The van der Waals surface area contributed by atoms with Crippen molar-refractivity contribution < 1.29 is 4.79 Å². The summed E-state index contributed by atoms with van der Waals surface area (Å²) in [5.41, 5.74) is 1.31. The summed E-state index contributed by atoms with van der Waals surface area (Å²) in [7, 11) is 0. The highest BCUT2D eigenvalue weighted by Crippen LogP contribution is 2.22. The molecule has 0 atom stereocenters. The van der Waals surface area contributed by atoms with Crippen LogP contribution >= 0.6 is 38.9 Å². The average Bonchev–Trinajstić information content (AvgIpc) is 2.67. The van der Waals surface area contributed by atoms with Crippen LogP contribution in [-0.2, 0) is 0 Å². The number of rotatable bonds is 2. The summed E-state index contributed by atoms with van der Waals surface area (Å²) < 4.78 is 0.813. The van der Waals surface area contributed by atoms with Crippen LogP contribution in [0.1, 0.15) is 15.9 Å². The molecule has 0 radical (unpaired) electrons. The summed E-state index contributed by atoms with van der Waals surface area (Å²) >= 11 is 10.7. The topological polar surface area (TPSA) is 17.1 Å². The molecular weight excluding hydrogens is 296 g/mol. The van der Waals surface area contributed by atoms with E-state index < -0.39 is 0 Å². The summed E-state index contributed by atoms with van der Waals surface area (Å²) in [5, 5.41) is 4.27. The molecule has 0 aliphatic heterocycles. The highest BCUT2D eigenvalue weighted by molar-refractivity contribution is 9.10. The van der Waals surface area contributed by atoms with Gasteiger partial charge >= 0.3 is 0 Å². The van der Waals surface area contributed by atoms with E-state index >= 15 is 0 Å². The lowest BCUT2D eigenvalue weighted by Crippen LogP contribution is -1.99. The molecule has 0 spiro atoms. The predicted octanol–water partition coefficient (Wildman–Crippen LogP) is 4.40. The molecule has 76 valence electrons. The first kappa shape index (κ1) is 10.9. The van der Waals surface area contributed by atoms with Crippen LogP contribution in [0.3, 0.4) is 0 Å². The normalized spacial score (nSPS) is 10.3. The minimum atomic E-state index is -0.000509. The molecule has 1 heterocycles. The van der Waals surface area contributed by atoms with Gasteiger partial charge in [-0.1, -0.05) is 27.5 Å². The SMILES string of the molecule is O=C(c1ccsc1)c1cc(Cl)cc(Br)c1. The summed E-state index contributed by atoms with van der Waals surface area (Å²) in [6.07, 6.45) is 0. The van der Waals surface area contributed by atoms with Gasteiger partial charge in [0, 0.05) is 26.0 Å². The van der Waals surface area contributed by atoms with Crippen molar-refractivity contribution in [3.63, 3.8) is 0 Å². The first-order valence-electron chi connectivity index (χ1n) is 4.20. The van der Waals surface area contributed by atoms with Gasteiger partial charge in [0.1, 0.15) is 0 Å². The molecule has 1 aromatic carbocycles. The van der Waals surface area contributed by atoms with Gasteiger partial charge in [-0.15, -0.1) is 0 Å². The van der Waals surface area contributed by atoms with Crippen LogP contribution in [0.15, 0.2) is 39.5 Å². The molecule has 2 rings (SSSR count). The van der Waals surface area contributed by atoms with E-state index in [4.69, 9.17) is 11.6 Å². The minimum absolute atomic E-state index is 0.000509. The van der Waals surface area contributed by atoms with Crippen LogP contribution in [0.5, 0.6) is 0 Å². The third-order valence-corrected chi connectivity index (χ3v) is 3.27. The van der Waals surface area contributed by atoms with Gasteiger partial charge in [-0.3, -0.25) is 4.79 Å². The van der Waals surface area contributed by atoms with Gasteiger partial charge in [-0.2, -0.15) is 11.3 Å². The molecule has 0 fully saturated rings. The lowest BCUT2D eigenvalue weighted by Gasteiger charge is -2.00. The number of ketones is 1. The lowest BCUT2D eigenvalue weighted by molar-refractivity contribution is 0.103. The van der Waals surface area contributed by atoms with Gasteiger partial charge in [0.15, 0.2) is 5.78 Å². The molecule has 1 aromatic heterocycles. The highest BCUT2D eigenvalue weighted by atomic mass is 79.9. The largest absolute Gasteiger partial charge is 0.289 e. The third-order valence-electron chi connectivity index (χ3n) is 1.91. The Kier molecular flexibility index (Phi) is 3.24. The van der Waals surface area contributed by atoms with E-state index in [9.17, 15) is 4.79 Å². The molecule has 0 N–H and O–H groups in total. The van der Waals surface area contributed by atoms with Crippen molar-refractivity contribution in [2.24, 2.45) is 0 Å². The fraction of sp³-hybridized carbons (Fsp3) is 0. The second-order valence-corrected chi connectivity index (χ2v) is 5.13. The van der Waals surface area contributed by atoms with Gasteiger partial charge in [0.05, 0.1) is 0 Å². The maximum atomic E-state index is 11.9. The van der Waals surface area contributed by atoms with Crippen molar-refractivity contribution in [3.05, 3.63) is 55.6 Å². The van der Waals surface area contributed by atoms with Gasteiger partial charge in [-0.05, 0) is 29.6 Å². The van der Waals surface area contributed by atoms with Gasteiger partial charge in [0.2, 0.25) is 0 Å². The Labute approximate surface area is 105 Å². The van der Waals surface area contributed by atoms with E-state index in [1.54, 1.807) is 18.2 Å². The molecular formula is C11H6BrClOS. The lowest BCUT2D eigenvalue weighted by atomic mass is 10.1. The number of hydrogen-bond donors (Lipinski definition) is 0. The van der Waals surface area contributed by atoms with E-state index in [2.05, 4.69) is 15.9 Å². The Bertz CT molecular complexity index is 473. The molecule has 2 aromatic rings.